The number of aromatic nitrogens is 3. The zero-order valence-electron chi connectivity index (χ0n) is 23.9. The molecule has 0 saturated carbocycles. The van der Waals surface area contributed by atoms with Crippen molar-refractivity contribution in [3.63, 3.8) is 0 Å². The van der Waals surface area contributed by atoms with E-state index in [0.717, 1.165) is 55.4 Å². The Bertz CT molecular complexity index is 1410. The van der Waals surface area contributed by atoms with Crippen LogP contribution in [-0.4, -0.2) is 72.6 Å². The van der Waals surface area contributed by atoms with Gasteiger partial charge in [0.15, 0.2) is 0 Å². The van der Waals surface area contributed by atoms with Crippen LogP contribution in [0.3, 0.4) is 0 Å². The van der Waals surface area contributed by atoms with E-state index in [4.69, 9.17) is 4.74 Å². The quantitative estimate of drug-likeness (QED) is 0.373. The van der Waals surface area contributed by atoms with E-state index in [2.05, 4.69) is 80.9 Å². The molecule has 2 aromatic heterocycles. The molecule has 5 rings (SSSR count). The molecule has 10 heteroatoms. The molecule has 2 aliphatic rings. The van der Waals surface area contributed by atoms with Gasteiger partial charge in [0.1, 0.15) is 23.7 Å². The Balaban J connectivity index is 1.49. The molecule has 4 heterocycles. The molecule has 0 spiro atoms. The lowest BCUT2D eigenvalue weighted by Crippen LogP contribution is -2.38. The van der Waals surface area contributed by atoms with Crippen molar-refractivity contribution in [1.29, 1.82) is 0 Å². The van der Waals surface area contributed by atoms with Gasteiger partial charge < -0.3 is 30.1 Å². The minimum absolute atomic E-state index is 0.105. The van der Waals surface area contributed by atoms with Crippen molar-refractivity contribution in [2.45, 2.75) is 38.1 Å². The highest BCUT2D eigenvalue weighted by Gasteiger charge is 2.37. The number of hydrogen-bond donors (Lipinski definition) is 2. The van der Waals surface area contributed by atoms with Crippen LogP contribution in [0.15, 0.2) is 55.5 Å². The van der Waals surface area contributed by atoms with Gasteiger partial charge in [-0.05, 0) is 51.2 Å². The number of hydrogen-bond acceptors (Lipinski definition) is 9. The predicted molar refractivity (Wildman–Crippen MR) is 160 cm³/mol. The highest BCUT2D eigenvalue weighted by atomic mass is 16.5. The molecule has 1 atom stereocenters. The third-order valence-electron chi connectivity index (χ3n) is 7.49. The van der Waals surface area contributed by atoms with Crippen LogP contribution in [-0.2, 0) is 10.2 Å². The molecule has 2 N–H and O–H groups in total. The summed E-state index contributed by atoms with van der Waals surface area (Å²) in [6, 6.07) is 10.2. The van der Waals surface area contributed by atoms with Crippen molar-refractivity contribution < 1.29 is 9.53 Å². The molecule has 1 aromatic carbocycles. The van der Waals surface area contributed by atoms with E-state index in [-0.39, 0.29) is 11.3 Å². The van der Waals surface area contributed by atoms with Crippen molar-refractivity contribution >= 4 is 40.3 Å². The zero-order chi connectivity index (χ0) is 28.4. The van der Waals surface area contributed by atoms with E-state index in [1.165, 1.54) is 6.08 Å². The maximum atomic E-state index is 12.4. The Kier molecular flexibility index (Phi) is 7.62. The number of nitrogens with zero attached hydrogens (tertiary/aromatic N) is 6. The Labute approximate surface area is 236 Å². The molecule has 1 saturated heterocycles. The summed E-state index contributed by atoms with van der Waals surface area (Å²) in [7, 11) is 5.81. The molecule has 1 amide bonds. The Morgan fingerprint density at radius 2 is 2.02 bits per heavy atom. The first-order valence-electron chi connectivity index (χ1n) is 13.6. The summed E-state index contributed by atoms with van der Waals surface area (Å²) >= 11 is 0. The van der Waals surface area contributed by atoms with Crippen LogP contribution >= 0.6 is 0 Å². The van der Waals surface area contributed by atoms with Gasteiger partial charge in [-0.3, -0.25) is 9.78 Å². The van der Waals surface area contributed by atoms with E-state index >= 15 is 0 Å². The van der Waals surface area contributed by atoms with Gasteiger partial charge in [-0.15, -0.1) is 0 Å². The lowest BCUT2D eigenvalue weighted by atomic mass is 9.91. The molecule has 0 unspecified atom stereocenters. The van der Waals surface area contributed by atoms with E-state index in [1.807, 2.05) is 30.5 Å². The number of carbonyl (C=O) groups is 1. The van der Waals surface area contributed by atoms with Crippen molar-refractivity contribution in [1.82, 2.24) is 19.9 Å². The number of ether oxygens (including phenoxy) is 1. The molecule has 0 radical (unpaired) electrons. The largest absolute Gasteiger partial charge is 0.494 e. The molecular weight excluding hydrogens is 504 g/mol. The molecule has 3 aromatic rings. The number of amides is 1. The van der Waals surface area contributed by atoms with Gasteiger partial charge >= 0.3 is 0 Å². The SMILES string of the molecule is C=CC(=O)Nc1cc(Nc2cc(N3CC(C)(C)c4ncccc43)ncn2)c(OC)cc1N1CCC[C@@H]1CN(C)C. The number of benzene rings is 1. The third kappa shape index (κ3) is 5.44. The minimum Gasteiger partial charge on any atom is -0.494 e. The fraction of sp³-hybridized carbons (Fsp3) is 0.400. The smallest absolute Gasteiger partial charge is 0.247 e. The van der Waals surface area contributed by atoms with Crippen LogP contribution < -0.4 is 25.2 Å². The normalized spacial score (nSPS) is 17.6. The van der Waals surface area contributed by atoms with Gasteiger partial charge in [-0.1, -0.05) is 20.4 Å². The number of anilines is 6. The Morgan fingerprint density at radius 1 is 1.20 bits per heavy atom. The number of rotatable bonds is 9. The second-order valence-corrected chi connectivity index (χ2v) is 11.2. The van der Waals surface area contributed by atoms with Gasteiger partial charge in [0.2, 0.25) is 5.91 Å². The molecule has 40 heavy (non-hydrogen) atoms. The van der Waals surface area contributed by atoms with E-state index in [9.17, 15) is 4.79 Å². The topological polar surface area (TPSA) is 98.8 Å². The Hall–Kier alpha value is -4.18. The number of nitrogens with one attached hydrogen (secondary N) is 2. The van der Waals surface area contributed by atoms with Crippen molar-refractivity contribution in [3.05, 3.63) is 61.2 Å². The predicted octanol–water partition coefficient (Wildman–Crippen LogP) is 4.71. The minimum atomic E-state index is -0.269. The van der Waals surface area contributed by atoms with Crippen molar-refractivity contribution in [3.8, 4) is 5.75 Å². The Morgan fingerprint density at radius 3 is 2.77 bits per heavy atom. The fourth-order valence-electron chi connectivity index (χ4n) is 5.72. The fourth-order valence-corrected chi connectivity index (χ4v) is 5.72. The van der Waals surface area contributed by atoms with Gasteiger partial charge in [0.05, 0.1) is 35.6 Å². The number of likely N-dealkylation sites (N-methyl/N-ethyl adjacent to an activating group) is 1. The van der Waals surface area contributed by atoms with Crippen LogP contribution in [0.5, 0.6) is 5.75 Å². The summed E-state index contributed by atoms with van der Waals surface area (Å²) in [4.78, 5) is 32.9. The molecular formula is C30H38N8O2. The first-order valence-corrected chi connectivity index (χ1v) is 13.6. The lowest BCUT2D eigenvalue weighted by molar-refractivity contribution is -0.111. The molecule has 0 bridgehead atoms. The maximum Gasteiger partial charge on any atom is 0.247 e. The summed E-state index contributed by atoms with van der Waals surface area (Å²) < 4.78 is 5.83. The summed E-state index contributed by atoms with van der Waals surface area (Å²) in [5.41, 5.74) is 4.29. The standard InChI is InChI=1S/C30H38N8O2/c1-7-28(39)35-21-14-22(25(40-6)15-24(21)37-13-9-10-20(37)17-36(4)5)34-26-16-27(33-19-32-26)38-18-30(2,3)29-23(38)11-8-12-31-29/h7-8,11-12,14-16,19-20H,1,9-10,13,17-18H2,2-6H3,(H,35,39)(H,32,33,34)/t20-/m1/s1. The first kappa shape index (κ1) is 27.4. The zero-order valence-corrected chi connectivity index (χ0v) is 23.9. The summed E-state index contributed by atoms with van der Waals surface area (Å²) in [6.07, 6.45) is 6.84. The van der Waals surface area contributed by atoms with Gasteiger partial charge in [-0.25, -0.2) is 9.97 Å². The van der Waals surface area contributed by atoms with Gasteiger partial charge in [-0.2, -0.15) is 0 Å². The molecule has 1 fully saturated rings. The second kappa shape index (κ2) is 11.1. The van der Waals surface area contributed by atoms with Crippen LogP contribution in [0, 0.1) is 0 Å². The molecule has 2 aliphatic heterocycles. The summed E-state index contributed by atoms with van der Waals surface area (Å²) in [5, 5.41) is 6.41. The van der Waals surface area contributed by atoms with Crippen LogP contribution in [0.4, 0.5) is 34.4 Å². The summed E-state index contributed by atoms with van der Waals surface area (Å²) in [5.74, 6) is 1.77. The molecule has 10 nitrogen and oxygen atoms in total. The van der Waals surface area contributed by atoms with Crippen molar-refractivity contribution in [2.24, 2.45) is 0 Å². The van der Waals surface area contributed by atoms with E-state index in [1.54, 1.807) is 13.4 Å². The number of carbonyl (C=O) groups excluding carboxylic acids is 1. The lowest BCUT2D eigenvalue weighted by Gasteiger charge is -2.31. The average Bonchev–Trinajstić information content (AvgIpc) is 3.50. The number of fused-ring (bicyclic) bond motifs is 1. The average molecular weight is 543 g/mol. The molecule has 210 valence electrons. The van der Waals surface area contributed by atoms with Crippen molar-refractivity contribution in [2.75, 3.05) is 61.3 Å². The highest BCUT2D eigenvalue weighted by Crippen LogP contribution is 2.44. The van der Waals surface area contributed by atoms with Gasteiger partial charge in [0, 0.05) is 49.4 Å². The number of pyridine rings is 1. The highest BCUT2D eigenvalue weighted by molar-refractivity contribution is 6.02. The third-order valence-corrected chi connectivity index (χ3v) is 7.49. The van der Waals surface area contributed by atoms with Crippen LogP contribution in [0.1, 0.15) is 32.4 Å². The van der Waals surface area contributed by atoms with Crippen LogP contribution in [0.2, 0.25) is 0 Å². The monoisotopic (exact) mass is 542 g/mol. The maximum absolute atomic E-state index is 12.4. The van der Waals surface area contributed by atoms with Gasteiger partial charge in [0.25, 0.3) is 0 Å². The molecule has 0 aliphatic carbocycles. The summed E-state index contributed by atoms with van der Waals surface area (Å²) in [6.45, 7) is 10.6. The second-order valence-electron chi connectivity index (χ2n) is 11.2. The first-order chi connectivity index (χ1) is 19.2. The van der Waals surface area contributed by atoms with E-state index in [0.29, 0.717) is 29.0 Å². The van der Waals surface area contributed by atoms with E-state index < -0.39 is 0 Å². The number of methoxy groups -OCH3 is 1. The van der Waals surface area contributed by atoms with Crippen LogP contribution in [0.25, 0.3) is 0 Å².